The van der Waals surface area contributed by atoms with Gasteiger partial charge in [-0.25, -0.2) is 4.39 Å². The summed E-state index contributed by atoms with van der Waals surface area (Å²) in [6.07, 6.45) is 9.46. The minimum atomic E-state index is -0.626. The lowest BCUT2D eigenvalue weighted by Crippen LogP contribution is -2.41. The molecular weight excluding hydrogens is 314 g/mol. The van der Waals surface area contributed by atoms with E-state index in [-0.39, 0.29) is 5.82 Å². The van der Waals surface area contributed by atoms with Crippen LogP contribution in [0.15, 0.2) is 18.2 Å². The zero-order valence-electron chi connectivity index (χ0n) is 16.7. The molecule has 2 rings (SSSR count). The third-order valence-electron chi connectivity index (χ3n) is 5.67. The molecule has 2 nitrogen and oxygen atoms in total. The molecular formula is C21H34BFO2. The van der Waals surface area contributed by atoms with Crippen LogP contribution in [0.3, 0.4) is 0 Å². The summed E-state index contributed by atoms with van der Waals surface area (Å²) in [6.45, 7) is 10.2. The van der Waals surface area contributed by atoms with E-state index < -0.39 is 18.3 Å². The first-order valence-corrected chi connectivity index (χ1v) is 9.91. The Kier molecular flexibility index (Phi) is 7.10. The van der Waals surface area contributed by atoms with Crippen LogP contribution < -0.4 is 5.46 Å². The normalized spacial score (nSPS) is 18.7. The van der Waals surface area contributed by atoms with Crippen molar-refractivity contribution in [3.8, 4) is 0 Å². The number of hydrogen-bond donors (Lipinski definition) is 0. The van der Waals surface area contributed by atoms with Gasteiger partial charge >= 0.3 is 7.12 Å². The molecule has 1 fully saturated rings. The predicted octanol–water partition coefficient (Wildman–Crippen LogP) is 5.42. The zero-order chi connectivity index (χ0) is 18.5. The fraction of sp³-hybridized carbons (Fsp3) is 0.714. The summed E-state index contributed by atoms with van der Waals surface area (Å²) in [5.41, 5.74) is 0.414. The molecule has 1 aliphatic rings. The summed E-state index contributed by atoms with van der Waals surface area (Å²) in [5.74, 6) is -0.160. The van der Waals surface area contributed by atoms with Crippen molar-refractivity contribution in [3.63, 3.8) is 0 Å². The lowest BCUT2D eigenvalue weighted by molar-refractivity contribution is 0.00578. The molecule has 1 aromatic carbocycles. The minimum Gasteiger partial charge on any atom is -0.399 e. The second-order valence-corrected chi connectivity index (χ2v) is 8.28. The van der Waals surface area contributed by atoms with Crippen molar-refractivity contribution < 1.29 is 13.7 Å². The third kappa shape index (κ3) is 5.07. The van der Waals surface area contributed by atoms with E-state index in [1.807, 2.05) is 39.8 Å². The molecule has 0 aliphatic carbocycles. The Morgan fingerprint density at radius 1 is 0.880 bits per heavy atom. The molecule has 0 saturated carbocycles. The van der Waals surface area contributed by atoms with E-state index in [0.29, 0.717) is 5.46 Å². The third-order valence-corrected chi connectivity index (χ3v) is 5.67. The van der Waals surface area contributed by atoms with Crippen molar-refractivity contribution in [2.24, 2.45) is 0 Å². The van der Waals surface area contributed by atoms with Gasteiger partial charge in [-0.3, -0.25) is 0 Å². The molecule has 1 aromatic rings. The van der Waals surface area contributed by atoms with Crippen LogP contribution in [0.5, 0.6) is 0 Å². The second kappa shape index (κ2) is 8.68. The fourth-order valence-corrected chi connectivity index (χ4v) is 3.22. The monoisotopic (exact) mass is 348 g/mol. The smallest absolute Gasteiger partial charge is 0.399 e. The molecule has 1 aliphatic heterocycles. The van der Waals surface area contributed by atoms with E-state index in [1.165, 1.54) is 38.5 Å². The first-order chi connectivity index (χ1) is 11.8. The highest BCUT2D eigenvalue weighted by atomic mass is 19.1. The summed E-state index contributed by atoms with van der Waals surface area (Å²) < 4.78 is 27.0. The largest absolute Gasteiger partial charge is 0.497 e. The topological polar surface area (TPSA) is 18.5 Å². The SMILES string of the molecule is CCCCCCCCCc1cccc(B2OC(C)(C)C(C)(C)O2)c1F. The number of benzene rings is 1. The van der Waals surface area contributed by atoms with Crippen LogP contribution in [0.25, 0.3) is 0 Å². The molecule has 140 valence electrons. The highest BCUT2D eigenvalue weighted by Gasteiger charge is 2.52. The number of hydrogen-bond acceptors (Lipinski definition) is 2. The van der Waals surface area contributed by atoms with Gasteiger partial charge in [0.25, 0.3) is 0 Å². The molecule has 0 aromatic heterocycles. The van der Waals surface area contributed by atoms with Crippen LogP contribution >= 0.6 is 0 Å². The standard InChI is InChI=1S/C21H34BFO2/c1-6-7-8-9-10-11-12-14-17-15-13-16-18(19(17)23)22-24-20(2,3)21(4,5)25-22/h13,15-16H,6-12,14H2,1-5H3. The van der Waals surface area contributed by atoms with Crippen LogP contribution in [0.1, 0.15) is 85.1 Å². The Hall–Kier alpha value is -0.865. The molecule has 1 saturated heterocycles. The molecule has 0 spiro atoms. The lowest BCUT2D eigenvalue weighted by Gasteiger charge is -2.32. The number of aryl methyl sites for hydroxylation is 1. The predicted molar refractivity (Wildman–Crippen MR) is 104 cm³/mol. The number of rotatable bonds is 9. The summed E-state index contributed by atoms with van der Waals surface area (Å²) in [4.78, 5) is 0. The lowest BCUT2D eigenvalue weighted by atomic mass is 9.77. The zero-order valence-corrected chi connectivity index (χ0v) is 16.7. The van der Waals surface area contributed by atoms with Crippen molar-refractivity contribution in [2.75, 3.05) is 0 Å². The maximum absolute atomic E-state index is 14.9. The molecule has 0 bridgehead atoms. The van der Waals surface area contributed by atoms with Crippen molar-refractivity contribution in [2.45, 2.75) is 97.2 Å². The van der Waals surface area contributed by atoms with Gasteiger partial charge in [0.05, 0.1) is 11.2 Å². The second-order valence-electron chi connectivity index (χ2n) is 8.28. The van der Waals surface area contributed by atoms with Crippen LogP contribution in [-0.2, 0) is 15.7 Å². The van der Waals surface area contributed by atoms with Gasteiger partial charge in [-0.05, 0) is 46.1 Å². The maximum Gasteiger partial charge on any atom is 0.497 e. The highest BCUT2D eigenvalue weighted by Crippen LogP contribution is 2.36. The van der Waals surface area contributed by atoms with Crippen molar-refractivity contribution >= 4 is 12.6 Å². The van der Waals surface area contributed by atoms with E-state index in [4.69, 9.17) is 9.31 Å². The molecule has 1 heterocycles. The van der Waals surface area contributed by atoms with Gasteiger partial charge in [0, 0.05) is 5.46 Å². The van der Waals surface area contributed by atoms with Crippen molar-refractivity contribution in [1.29, 1.82) is 0 Å². The average Bonchev–Trinajstić information content (AvgIpc) is 2.76. The molecule has 4 heteroatoms. The van der Waals surface area contributed by atoms with Gasteiger partial charge < -0.3 is 9.31 Å². The first kappa shape index (κ1) is 20.4. The summed E-state index contributed by atoms with van der Waals surface area (Å²) in [6, 6.07) is 5.59. The molecule has 25 heavy (non-hydrogen) atoms. The Bertz CT molecular complexity index is 541. The van der Waals surface area contributed by atoms with Crippen molar-refractivity contribution in [3.05, 3.63) is 29.6 Å². The molecule has 0 atom stereocenters. The van der Waals surface area contributed by atoms with E-state index in [9.17, 15) is 4.39 Å². The average molecular weight is 348 g/mol. The molecule has 0 radical (unpaired) electrons. The van der Waals surface area contributed by atoms with Gasteiger partial charge in [-0.15, -0.1) is 0 Å². The van der Waals surface area contributed by atoms with Crippen LogP contribution in [-0.4, -0.2) is 18.3 Å². The number of halogens is 1. The van der Waals surface area contributed by atoms with E-state index >= 15 is 0 Å². The van der Waals surface area contributed by atoms with E-state index in [0.717, 1.165) is 18.4 Å². The highest BCUT2D eigenvalue weighted by molar-refractivity contribution is 6.62. The van der Waals surface area contributed by atoms with E-state index in [2.05, 4.69) is 6.92 Å². The van der Waals surface area contributed by atoms with Gasteiger partial charge in [0.15, 0.2) is 0 Å². The van der Waals surface area contributed by atoms with Gasteiger partial charge in [-0.2, -0.15) is 0 Å². The fourth-order valence-electron chi connectivity index (χ4n) is 3.22. The van der Waals surface area contributed by atoms with E-state index in [1.54, 1.807) is 6.07 Å². The molecule has 0 N–H and O–H groups in total. The Labute approximate surface area is 153 Å². The maximum atomic E-state index is 14.9. The molecule has 0 amide bonds. The van der Waals surface area contributed by atoms with Gasteiger partial charge in [0.1, 0.15) is 5.82 Å². The summed E-state index contributed by atoms with van der Waals surface area (Å²) >= 11 is 0. The Morgan fingerprint density at radius 2 is 1.44 bits per heavy atom. The minimum absolute atomic E-state index is 0.160. The van der Waals surface area contributed by atoms with Crippen LogP contribution in [0.2, 0.25) is 0 Å². The summed E-state index contributed by atoms with van der Waals surface area (Å²) in [5, 5.41) is 0. The Morgan fingerprint density at radius 3 is 2.04 bits per heavy atom. The van der Waals surface area contributed by atoms with Crippen LogP contribution in [0, 0.1) is 5.82 Å². The Balaban J connectivity index is 1.92. The molecule has 0 unspecified atom stereocenters. The number of unbranched alkanes of at least 4 members (excludes halogenated alkanes) is 6. The quantitative estimate of drug-likeness (QED) is 0.438. The van der Waals surface area contributed by atoms with Gasteiger partial charge in [-0.1, -0.05) is 63.6 Å². The summed E-state index contributed by atoms with van der Waals surface area (Å²) in [7, 11) is -0.626. The van der Waals surface area contributed by atoms with Crippen molar-refractivity contribution in [1.82, 2.24) is 0 Å². The van der Waals surface area contributed by atoms with Crippen LogP contribution in [0.4, 0.5) is 4.39 Å². The first-order valence-electron chi connectivity index (χ1n) is 9.91. The van der Waals surface area contributed by atoms with Gasteiger partial charge in [0.2, 0.25) is 0 Å².